The van der Waals surface area contributed by atoms with E-state index in [1.165, 1.54) is 32.1 Å². The van der Waals surface area contributed by atoms with E-state index in [9.17, 15) is 13.2 Å². The lowest BCUT2D eigenvalue weighted by Gasteiger charge is -2.34. The summed E-state index contributed by atoms with van der Waals surface area (Å²) in [6.45, 7) is 0.826. The summed E-state index contributed by atoms with van der Waals surface area (Å²) in [6, 6.07) is 0.156. The van der Waals surface area contributed by atoms with Gasteiger partial charge in [-0.05, 0) is 38.0 Å². The van der Waals surface area contributed by atoms with E-state index in [0.717, 1.165) is 19.4 Å². The highest BCUT2D eigenvalue weighted by molar-refractivity contribution is 7.91. The molecule has 0 spiro atoms. The molecule has 0 bridgehead atoms. The zero-order valence-electron chi connectivity index (χ0n) is 12.6. The third-order valence-electron chi connectivity index (χ3n) is 5.31. The number of nitrogens with zero attached hydrogens (tertiary/aromatic N) is 1. The van der Waals surface area contributed by atoms with Crippen LogP contribution in [0.5, 0.6) is 0 Å². The van der Waals surface area contributed by atoms with Gasteiger partial charge in [0.1, 0.15) is 0 Å². The third-order valence-corrected chi connectivity index (χ3v) is 7.08. The van der Waals surface area contributed by atoms with Crippen LogP contribution < -0.4 is 5.32 Å². The Kier molecular flexibility index (Phi) is 4.43. The Morgan fingerprint density at radius 2 is 1.76 bits per heavy atom. The molecule has 21 heavy (non-hydrogen) atoms. The second kappa shape index (κ2) is 6.15. The average molecular weight is 314 g/mol. The van der Waals surface area contributed by atoms with E-state index in [0.29, 0.717) is 18.4 Å². The van der Waals surface area contributed by atoms with Gasteiger partial charge in [-0.15, -0.1) is 0 Å². The molecule has 3 rings (SSSR count). The van der Waals surface area contributed by atoms with E-state index < -0.39 is 9.84 Å². The number of carbonyl (C=O) groups excluding carboxylic acids is 1. The molecule has 1 saturated carbocycles. The zero-order valence-corrected chi connectivity index (χ0v) is 13.4. The molecule has 2 unspecified atom stereocenters. The van der Waals surface area contributed by atoms with Crippen molar-refractivity contribution in [3.05, 3.63) is 0 Å². The maximum Gasteiger partial charge on any atom is 0.317 e. The van der Waals surface area contributed by atoms with Gasteiger partial charge in [0.15, 0.2) is 9.84 Å². The van der Waals surface area contributed by atoms with Crippen LogP contribution in [0.2, 0.25) is 0 Å². The van der Waals surface area contributed by atoms with Crippen LogP contribution in [0, 0.1) is 5.92 Å². The van der Waals surface area contributed by atoms with Gasteiger partial charge in [-0.1, -0.05) is 19.3 Å². The molecule has 0 aromatic carbocycles. The number of hydrogen-bond acceptors (Lipinski definition) is 3. The number of likely N-dealkylation sites (tertiary alicyclic amines) is 1. The lowest BCUT2D eigenvalue weighted by Crippen LogP contribution is -2.49. The Balaban J connectivity index is 1.58. The normalized spacial score (nSPS) is 33.2. The maximum absolute atomic E-state index is 12.5. The summed E-state index contributed by atoms with van der Waals surface area (Å²) in [7, 11) is -2.93. The van der Waals surface area contributed by atoms with Gasteiger partial charge in [-0.25, -0.2) is 13.2 Å². The van der Waals surface area contributed by atoms with E-state index in [4.69, 9.17) is 0 Å². The van der Waals surface area contributed by atoms with Crippen molar-refractivity contribution in [1.29, 1.82) is 0 Å². The molecule has 6 heteroatoms. The molecule has 2 heterocycles. The summed E-state index contributed by atoms with van der Waals surface area (Å²) >= 11 is 0. The van der Waals surface area contributed by atoms with Crippen molar-refractivity contribution < 1.29 is 13.2 Å². The first-order chi connectivity index (χ1) is 10.1. The zero-order chi connectivity index (χ0) is 14.9. The van der Waals surface area contributed by atoms with Gasteiger partial charge in [0.25, 0.3) is 0 Å². The monoisotopic (exact) mass is 314 g/mol. The van der Waals surface area contributed by atoms with Crippen LogP contribution >= 0.6 is 0 Å². The third kappa shape index (κ3) is 3.52. The minimum absolute atomic E-state index is 0.0369. The molecule has 1 N–H and O–H groups in total. The van der Waals surface area contributed by atoms with Crippen molar-refractivity contribution >= 4 is 15.9 Å². The SMILES string of the molecule is O=C(NC1CCS(=O)(=O)C1)N1CCCC1C1CCCCC1. The Labute approximate surface area is 127 Å². The van der Waals surface area contributed by atoms with Gasteiger partial charge in [-0.3, -0.25) is 0 Å². The van der Waals surface area contributed by atoms with Crippen molar-refractivity contribution in [2.75, 3.05) is 18.1 Å². The summed E-state index contributed by atoms with van der Waals surface area (Å²) < 4.78 is 23.0. The van der Waals surface area contributed by atoms with Crippen molar-refractivity contribution in [1.82, 2.24) is 10.2 Å². The van der Waals surface area contributed by atoms with Crippen LogP contribution in [-0.4, -0.2) is 49.5 Å². The Morgan fingerprint density at radius 3 is 2.43 bits per heavy atom. The quantitative estimate of drug-likeness (QED) is 0.847. The van der Waals surface area contributed by atoms with E-state index in [1.807, 2.05) is 4.90 Å². The highest BCUT2D eigenvalue weighted by Gasteiger charge is 2.37. The fraction of sp³-hybridized carbons (Fsp3) is 0.933. The molecule has 0 radical (unpaired) electrons. The molecule has 2 amide bonds. The molecular formula is C15H26N2O3S. The van der Waals surface area contributed by atoms with Crippen LogP contribution in [-0.2, 0) is 9.84 Å². The van der Waals surface area contributed by atoms with E-state index in [2.05, 4.69) is 5.32 Å². The molecule has 3 aliphatic rings. The number of carbonyl (C=O) groups is 1. The minimum Gasteiger partial charge on any atom is -0.334 e. The molecule has 5 nitrogen and oxygen atoms in total. The Bertz CT molecular complexity index is 485. The maximum atomic E-state index is 12.5. The van der Waals surface area contributed by atoms with Crippen LogP contribution in [0.3, 0.4) is 0 Å². The number of amides is 2. The molecule has 0 aromatic heterocycles. The largest absolute Gasteiger partial charge is 0.334 e. The molecule has 2 saturated heterocycles. The first-order valence-corrected chi connectivity index (χ1v) is 10.1. The number of rotatable bonds is 2. The van der Waals surface area contributed by atoms with Crippen LogP contribution in [0.15, 0.2) is 0 Å². The average Bonchev–Trinajstić information content (AvgIpc) is 3.06. The molecule has 120 valence electrons. The highest BCUT2D eigenvalue weighted by Crippen LogP contribution is 2.34. The van der Waals surface area contributed by atoms with E-state index in [1.54, 1.807) is 0 Å². The lowest BCUT2D eigenvalue weighted by molar-refractivity contribution is 0.154. The predicted octanol–water partition coefficient (Wildman–Crippen LogP) is 1.93. The second-order valence-electron chi connectivity index (χ2n) is 6.85. The molecule has 0 aromatic rings. The van der Waals surface area contributed by atoms with Crippen molar-refractivity contribution in [2.24, 2.45) is 5.92 Å². The number of urea groups is 1. The van der Waals surface area contributed by atoms with Gasteiger partial charge in [0.2, 0.25) is 0 Å². The molecule has 2 aliphatic heterocycles. The lowest BCUT2D eigenvalue weighted by atomic mass is 9.83. The molecule has 3 fully saturated rings. The van der Waals surface area contributed by atoms with Crippen molar-refractivity contribution in [3.63, 3.8) is 0 Å². The van der Waals surface area contributed by atoms with Gasteiger partial charge in [0.05, 0.1) is 11.5 Å². The number of nitrogens with one attached hydrogen (secondary N) is 1. The van der Waals surface area contributed by atoms with Crippen LogP contribution in [0.25, 0.3) is 0 Å². The van der Waals surface area contributed by atoms with Crippen LogP contribution in [0.4, 0.5) is 4.79 Å². The topological polar surface area (TPSA) is 66.5 Å². The van der Waals surface area contributed by atoms with Gasteiger partial charge in [-0.2, -0.15) is 0 Å². The first kappa shape index (κ1) is 15.1. The fourth-order valence-electron chi connectivity index (χ4n) is 4.22. The minimum atomic E-state index is -2.93. The standard InChI is InChI=1S/C15H26N2O3S/c18-15(16-13-8-10-21(19,20)11-13)17-9-4-7-14(17)12-5-2-1-3-6-12/h12-14H,1-11H2,(H,16,18). The second-order valence-corrected chi connectivity index (χ2v) is 9.08. The Morgan fingerprint density at radius 1 is 1.00 bits per heavy atom. The highest BCUT2D eigenvalue weighted by atomic mass is 32.2. The number of sulfone groups is 1. The van der Waals surface area contributed by atoms with Crippen LogP contribution in [0.1, 0.15) is 51.4 Å². The summed E-state index contributed by atoms with van der Waals surface area (Å²) in [6.07, 6.45) is 9.15. The Hall–Kier alpha value is -0.780. The van der Waals surface area contributed by atoms with Gasteiger partial charge < -0.3 is 10.2 Å². The molecule has 2 atom stereocenters. The first-order valence-electron chi connectivity index (χ1n) is 8.33. The van der Waals surface area contributed by atoms with E-state index in [-0.39, 0.29) is 23.6 Å². The summed E-state index contributed by atoms with van der Waals surface area (Å²) in [5, 5.41) is 2.95. The molecule has 1 aliphatic carbocycles. The summed E-state index contributed by atoms with van der Waals surface area (Å²) in [5.74, 6) is 0.976. The number of hydrogen-bond donors (Lipinski definition) is 1. The molecular weight excluding hydrogens is 288 g/mol. The van der Waals surface area contributed by atoms with Crippen molar-refractivity contribution in [2.45, 2.75) is 63.5 Å². The van der Waals surface area contributed by atoms with E-state index >= 15 is 0 Å². The summed E-state index contributed by atoms with van der Waals surface area (Å²) in [4.78, 5) is 14.5. The smallest absolute Gasteiger partial charge is 0.317 e. The summed E-state index contributed by atoms with van der Waals surface area (Å²) in [5.41, 5.74) is 0. The predicted molar refractivity (Wildman–Crippen MR) is 81.9 cm³/mol. The van der Waals surface area contributed by atoms with Gasteiger partial charge >= 0.3 is 6.03 Å². The van der Waals surface area contributed by atoms with Crippen molar-refractivity contribution in [3.8, 4) is 0 Å². The fourth-order valence-corrected chi connectivity index (χ4v) is 5.89. The van der Waals surface area contributed by atoms with Gasteiger partial charge in [0, 0.05) is 18.6 Å².